The Morgan fingerprint density at radius 2 is 2.00 bits per heavy atom. The van der Waals surface area contributed by atoms with Crippen LogP contribution in [-0.4, -0.2) is 52.1 Å². The minimum atomic E-state index is 0.222. The number of nitrogens with zero attached hydrogens (tertiary/aromatic N) is 4. The average molecular weight is 283 g/mol. The van der Waals surface area contributed by atoms with Crippen molar-refractivity contribution in [1.82, 2.24) is 19.9 Å². The highest BCUT2D eigenvalue weighted by Gasteiger charge is 2.31. The molecule has 1 aromatic rings. The summed E-state index contributed by atoms with van der Waals surface area (Å²) < 4.78 is 0. The summed E-state index contributed by atoms with van der Waals surface area (Å²) in [5, 5.41) is 6.51. The summed E-state index contributed by atoms with van der Waals surface area (Å²) in [5.74, 6) is 1.07. The molecule has 0 spiro atoms. The van der Waals surface area contributed by atoms with Gasteiger partial charge in [0.25, 0.3) is 0 Å². The quantitative estimate of drug-likeness (QED) is 0.878. The minimum absolute atomic E-state index is 0.222. The first-order valence-corrected chi connectivity index (χ1v) is 7.22. The second-order valence-electron chi connectivity index (χ2n) is 5.20. The second-order valence-corrected chi connectivity index (χ2v) is 5.54. The molecule has 2 aliphatic heterocycles. The van der Waals surface area contributed by atoms with Gasteiger partial charge in [0, 0.05) is 25.7 Å². The van der Waals surface area contributed by atoms with E-state index in [0.29, 0.717) is 17.9 Å². The third-order valence-corrected chi connectivity index (χ3v) is 4.15. The van der Waals surface area contributed by atoms with Crippen molar-refractivity contribution in [2.75, 3.05) is 30.8 Å². The fraction of sp³-hybridized carbons (Fsp3) is 0.750. The Labute approximate surface area is 118 Å². The van der Waals surface area contributed by atoms with E-state index >= 15 is 0 Å². The van der Waals surface area contributed by atoms with Gasteiger partial charge in [0.2, 0.25) is 17.2 Å². The summed E-state index contributed by atoms with van der Waals surface area (Å²) in [5.41, 5.74) is 0. The molecule has 0 aromatic carbocycles. The van der Waals surface area contributed by atoms with Crippen LogP contribution in [0, 0.1) is 0 Å². The Morgan fingerprint density at radius 3 is 2.84 bits per heavy atom. The van der Waals surface area contributed by atoms with E-state index in [-0.39, 0.29) is 5.28 Å². The van der Waals surface area contributed by atoms with Crippen LogP contribution in [0.15, 0.2) is 0 Å². The van der Waals surface area contributed by atoms with E-state index in [9.17, 15) is 0 Å². The van der Waals surface area contributed by atoms with Crippen LogP contribution in [-0.2, 0) is 0 Å². The van der Waals surface area contributed by atoms with Crippen LogP contribution in [0.2, 0.25) is 5.28 Å². The van der Waals surface area contributed by atoms with Crippen LogP contribution >= 0.6 is 11.6 Å². The molecular formula is C12H19ClN6. The van der Waals surface area contributed by atoms with Gasteiger partial charge in [-0.2, -0.15) is 15.0 Å². The van der Waals surface area contributed by atoms with Crippen molar-refractivity contribution >= 4 is 23.5 Å². The molecule has 0 radical (unpaired) electrons. The van der Waals surface area contributed by atoms with E-state index in [1.54, 1.807) is 7.05 Å². The van der Waals surface area contributed by atoms with Crippen molar-refractivity contribution in [3.05, 3.63) is 5.28 Å². The number of nitrogens with one attached hydrogen (secondary N) is 2. The maximum absolute atomic E-state index is 5.89. The van der Waals surface area contributed by atoms with Crippen LogP contribution in [0.25, 0.3) is 0 Å². The van der Waals surface area contributed by atoms with Crippen LogP contribution in [0.4, 0.5) is 11.9 Å². The van der Waals surface area contributed by atoms with Gasteiger partial charge in [-0.1, -0.05) is 0 Å². The molecule has 0 bridgehead atoms. The number of anilines is 2. The largest absolute Gasteiger partial charge is 0.357 e. The van der Waals surface area contributed by atoms with Crippen molar-refractivity contribution < 1.29 is 0 Å². The van der Waals surface area contributed by atoms with Crippen LogP contribution in [0.1, 0.15) is 25.7 Å². The molecule has 2 N–H and O–H groups in total. The van der Waals surface area contributed by atoms with Crippen molar-refractivity contribution in [3.8, 4) is 0 Å². The van der Waals surface area contributed by atoms with Crippen LogP contribution in [0.3, 0.4) is 0 Å². The lowest BCUT2D eigenvalue weighted by molar-refractivity contribution is 0.188. The second kappa shape index (κ2) is 5.46. The Balaban J connectivity index is 1.66. The minimum Gasteiger partial charge on any atom is -0.357 e. The number of aromatic nitrogens is 3. The molecule has 7 heteroatoms. The third kappa shape index (κ3) is 2.90. The Morgan fingerprint density at radius 1 is 1.16 bits per heavy atom. The summed E-state index contributed by atoms with van der Waals surface area (Å²) in [6, 6.07) is 1.16. The lowest BCUT2D eigenvalue weighted by atomic mass is 9.98. The summed E-state index contributed by atoms with van der Waals surface area (Å²) >= 11 is 5.89. The van der Waals surface area contributed by atoms with Crippen LogP contribution < -0.4 is 10.6 Å². The molecule has 3 heterocycles. The SMILES string of the molecule is CNc1nc(Cl)nc(NC2CCN3CCCC3C2)n1. The summed E-state index contributed by atoms with van der Waals surface area (Å²) in [7, 11) is 1.77. The molecule has 3 rings (SSSR count). The lowest BCUT2D eigenvalue weighted by Gasteiger charge is -2.35. The van der Waals surface area contributed by atoms with E-state index in [4.69, 9.17) is 11.6 Å². The zero-order chi connectivity index (χ0) is 13.2. The van der Waals surface area contributed by atoms with Gasteiger partial charge in [-0.3, -0.25) is 0 Å². The van der Waals surface area contributed by atoms with Crippen molar-refractivity contribution in [1.29, 1.82) is 0 Å². The monoisotopic (exact) mass is 282 g/mol. The maximum atomic E-state index is 5.89. The molecule has 6 nitrogen and oxygen atoms in total. The normalized spacial score (nSPS) is 27.1. The molecule has 2 saturated heterocycles. The van der Waals surface area contributed by atoms with Gasteiger partial charge in [0.15, 0.2) is 0 Å². The molecule has 19 heavy (non-hydrogen) atoms. The fourth-order valence-corrected chi connectivity index (χ4v) is 3.22. The number of fused-ring (bicyclic) bond motifs is 1. The lowest BCUT2D eigenvalue weighted by Crippen LogP contribution is -2.43. The van der Waals surface area contributed by atoms with Gasteiger partial charge < -0.3 is 15.5 Å². The smallest absolute Gasteiger partial charge is 0.229 e. The number of halogens is 1. The van der Waals surface area contributed by atoms with E-state index < -0.39 is 0 Å². The molecule has 2 aliphatic rings. The first kappa shape index (κ1) is 12.9. The van der Waals surface area contributed by atoms with Gasteiger partial charge in [-0.05, 0) is 43.8 Å². The van der Waals surface area contributed by atoms with Crippen molar-refractivity contribution in [2.45, 2.75) is 37.8 Å². The number of hydrogen-bond donors (Lipinski definition) is 2. The first-order valence-electron chi connectivity index (χ1n) is 6.84. The van der Waals surface area contributed by atoms with E-state index in [2.05, 4.69) is 30.5 Å². The van der Waals surface area contributed by atoms with Gasteiger partial charge >= 0.3 is 0 Å². The van der Waals surface area contributed by atoms with Gasteiger partial charge in [0.05, 0.1) is 0 Å². The average Bonchev–Trinajstić information content (AvgIpc) is 2.85. The molecule has 2 atom stereocenters. The standard InChI is InChI=1S/C12H19ClN6/c1-14-11-16-10(13)17-12(18-11)15-8-4-6-19-5-2-3-9(19)7-8/h8-9H,2-7H2,1H3,(H2,14,15,16,17,18). The molecule has 0 saturated carbocycles. The summed E-state index contributed by atoms with van der Waals surface area (Å²) in [4.78, 5) is 15.0. The topological polar surface area (TPSA) is 66.0 Å². The van der Waals surface area contributed by atoms with Gasteiger partial charge in [0.1, 0.15) is 0 Å². The molecule has 2 unspecified atom stereocenters. The van der Waals surface area contributed by atoms with Crippen molar-refractivity contribution in [2.24, 2.45) is 0 Å². The van der Waals surface area contributed by atoms with Crippen molar-refractivity contribution in [3.63, 3.8) is 0 Å². The molecule has 2 fully saturated rings. The fourth-order valence-electron chi connectivity index (χ4n) is 3.06. The van der Waals surface area contributed by atoms with E-state index in [1.807, 2.05) is 0 Å². The Kier molecular flexibility index (Phi) is 3.70. The Hall–Kier alpha value is -1.14. The molecule has 104 valence electrons. The first-order chi connectivity index (χ1) is 9.24. The maximum Gasteiger partial charge on any atom is 0.229 e. The Bertz CT molecular complexity index is 454. The highest BCUT2D eigenvalue weighted by atomic mass is 35.5. The molecule has 0 aliphatic carbocycles. The van der Waals surface area contributed by atoms with Gasteiger partial charge in [-0.25, -0.2) is 0 Å². The summed E-state index contributed by atoms with van der Waals surface area (Å²) in [6.45, 7) is 2.43. The highest BCUT2D eigenvalue weighted by molar-refractivity contribution is 6.28. The highest BCUT2D eigenvalue weighted by Crippen LogP contribution is 2.28. The van der Waals surface area contributed by atoms with Crippen LogP contribution in [0.5, 0.6) is 0 Å². The number of rotatable bonds is 3. The van der Waals surface area contributed by atoms with E-state index in [0.717, 1.165) is 18.9 Å². The molecular weight excluding hydrogens is 264 g/mol. The van der Waals surface area contributed by atoms with E-state index in [1.165, 1.54) is 25.9 Å². The third-order valence-electron chi connectivity index (χ3n) is 3.99. The molecule has 1 aromatic heterocycles. The zero-order valence-electron chi connectivity index (χ0n) is 11.1. The summed E-state index contributed by atoms with van der Waals surface area (Å²) in [6.07, 6.45) is 4.95. The number of piperidine rings is 1. The van der Waals surface area contributed by atoms with Gasteiger partial charge in [-0.15, -0.1) is 0 Å². The predicted octanol–water partition coefficient (Wildman–Crippen LogP) is 1.61. The number of hydrogen-bond acceptors (Lipinski definition) is 6. The molecule has 0 amide bonds. The zero-order valence-corrected chi connectivity index (χ0v) is 11.8. The predicted molar refractivity (Wildman–Crippen MR) is 75.6 cm³/mol.